The fourth-order valence-corrected chi connectivity index (χ4v) is 2.23. The Morgan fingerprint density at radius 1 is 1.15 bits per heavy atom. The lowest BCUT2D eigenvalue weighted by Gasteiger charge is -2.21. The molecular weight excluding hydrogens is 341 g/mol. The number of aryl methyl sites for hydroxylation is 1. The molecule has 0 fully saturated rings. The van der Waals surface area contributed by atoms with Crippen LogP contribution in [-0.4, -0.2) is 42.3 Å². The average Bonchev–Trinajstić information content (AvgIpc) is 2.62. The van der Waals surface area contributed by atoms with E-state index >= 15 is 0 Å². The van der Waals surface area contributed by atoms with Gasteiger partial charge in [-0.25, -0.2) is 9.18 Å². The Hall–Kier alpha value is -3.09. The van der Waals surface area contributed by atoms with Crippen LogP contribution in [0.25, 0.3) is 0 Å². The maximum Gasteiger partial charge on any atom is 0.415 e. The highest BCUT2D eigenvalue weighted by Gasteiger charge is 2.20. The van der Waals surface area contributed by atoms with Crippen molar-refractivity contribution in [3.8, 4) is 11.5 Å². The Morgan fingerprint density at radius 2 is 1.85 bits per heavy atom. The second-order valence-electron chi connectivity index (χ2n) is 5.69. The Labute approximate surface area is 150 Å². The van der Waals surface area contributed by atoms with E-state index in [1.54, 1.807) is 31.2 Å². The van der Waals surface area contributed by atoms with Crippen LogP contribution in [0.1, 0.15) is 11.1 Å². The summed E-state index contributed by atoms with van der Waals surface area (Å²) in [5.41, 5.74) is 1.22. The van der Waals surface area contributed by atoms with E-state index in [1.165, 1.54) is 30.2 Å². The Balaban J connectivity index is 2.06. The summed E-state index contributed by atoms with van der Waals surface area (Å²) in [5, 5.41) is 9.31. The number of halogens is 1. The monoisotopic (exact) mass is 361 g/mol. The van der Waals surface area contributed by atoms with E-state index in [9.17, 15) is 19.1 Å². The van der Waals surface area contributed by atoms with Crippen LogP contribution in [0, 0.1) is 12.7 Å². The van der Waals surface area contributed by atoms with Crippen molar-refractivity contribution in [2.24, 2.45) is 0 Å². The van der Waals surface area contributed by atoms with Crippen molar-refractivity contribution in [3.05, 3.63) is 59.4 Å². The highest BCUT2D eigenvalue weighted by molar-refractivity contribution is 5.79. The maximum absolute atomic E-state index is 13.3. The summed E-state index contributed by atoms with van der Waals surface area (Å²) >= 11 is 0. The van der Waals surface area contributed by atoms with Gasteiger partial charge in [-0.15, -0.1) is 0 Å². The van der Waals surface area contributed by atoms with Gasteiger partial charge in [0.2, 0.25) is 0 Å². The summed E-state index contributed by atoms with van der Waals surface area (Å²) in [7, 11) is 1.23. The zero-order valence-electron chi connectivity index (χ0n) is 14.6. The van der Waals surface area contributed by atoms with Gasteiger partial charge >= 0.3 is 12.1 Å². The molecular formula is C19H20FNO5. The molecule has 0 heterocycles. The SMILES string of the molecule is COC(=O)CN(CCc1ccc(O)cc1)C(=O)Oc1ccc(F)c(C)c1. The van der Waals surface area contributed by atoms with Crippen molar-refractivity contribution in [1.29, 1.82) is 0 Å². The number of carbonyl (C=O) groups is 2. The summed E-state index contributed by atoms with van der Waals surface area (Å²) in [6.45, 7) is 1.50. The van der Waals surface area contributed by atoms with Gasteiger partial charge in [-0.2, -0.15) is 0 Å². The second-order valence-corrected chi connectivity index (χ2v) is 5.69. The van der Waals surface area contributed by atoms with Gasteiger partial charge in [0, 0.05) is 6.54 Å². The molecule has 2 aromatic carbocycles. The number of amides is 1. The Morgan fingerprint density at radius 3 is 2.46 bits per heavy atom. The van der Waals surface area contributed by atoms with Crippen LogP contribution in [0.4, 0.5) is 9.18 Å². The molecule has 26 heavy (non-hydrogen) atoms. The molecule has 0 aromatic heterocycles. The zero-order chi connectivity index (χ0) is 19.1. The standard InChI is InChI=1S/C19H20FNO5/c1-13-11-16(7-8-17(13)20)26-19(24)21(12-18(23)25-2)10-9-14-3-5-15(22)6-4-14/h3-8,11,22H,9-10,12H2,1-2H3. The first kappa shape index (κ1) is 19.2. The number of ether oxygens (including phenoxy) is 2. The van der Waals surface area contributed by atoms with Crippen molar-refractivity contribution >= 4 is 12.1 Å². The first-order chi connectivity index (χ1) is 12.4. The molecule has 7 heteroatoms. The van der Waals surface area contributed by atoms with E-state index in [2.05, 4.69) is 4.74 Å². The van der Waals surface area contributed by atoms with Crippen molar-refractivity contribution in [2.45, 2.75) is 13.3 Å². The minimum absolute atomic E-state index is 0.145. The molecule has 0 spiro atoms. The van der Waals surface area contributed by atoms with Crippen molar-refractivity contribution in [3.63, 3.8) is 0 Å². The normalized spacial score (nSPS) is 10.3. The number of phenols is 1. The highest BCUT2D eigenvalue weighted by Crippen LogP contribution is 2.17. The van der Waals surface area contributed by atoms with Crippen LogP contribution in [0.15, 0.2) is 42.5 Å². The fraction of sp³-hybridized carbons (Fsp3) is 0.263. The predicted octanol–water partition coefficient (Wildman–Crippen LogP) is 3.06. The third-order valence-corrected chi connectivity index (χ3v) is 3.75. The molecule has 1 N–H and O–H groups in total. The molecule has 0 aliphatic rings. The van der Waals surface area contributed by atoms with Gasteiger partial charge in [0.1, 0.15) is 23.9 Å². The number of benzene rings is 2. The third-order valence-electron chi connectivity index (χ3n) is 3.75. The molecule has 2 rings (SSSR count). The third kappa shape index (κ3) is 5.47. The number of carbonyl (C=O) groups excluding carboxylic acids is 2. The van der Waals surface area contributed by atoms with E-state index in [0.29, 0.717) is 12.0 Å². The van der Waals surface area contributed by atoms with Gasteiger partial charge in [0.25, 0.3) is 0 Å². The van der Waals surface area contributed by atoms with Gasteiger partial charge < -0.3 is 14.6 Å². The molecule has 138 valence electrons. The molecule has 2 aromatic rings. The first-order valence-electron chi connectivity index (χ1n) is 7.96. The Kier molecular flexibility index (Phi) is 6.54. The largest absolute Gasteiger partial charge is 0.508 e. The maximum atomic E-state index is 13.3. The molecule has 0 unspecified atom stereocenters. The number of rotatable bonds is 6. The molecule has 0 bridgehead atoms. The summed E-state index contributed by atoms with van der Waals surface area (Å²) in [5.74, 6) is -0.647. The quantitative estimate of drug-likeness (QED) is 0.801. The lowest BCUT2D eigenvalue weighted by molar-refractivity contribution is -0.141. The minimum atomic E-state index is -0.736. The summed E-state index contributed by atoms with van der Waals surface area (Å²) in [6.07, 6.45) is -0.283. The van der Waals surface area contributed by atoms with Crippen LogP contribution in [0.5, 0.6) is 11.5 Å². The van der Waals surface area contributed by atoms with E-state index in [1.807, 2.05) is 0 Å². The van der Waals surface area contributed by atoms with Gasteiger partial charge in [-0.3, -0.25) is 9.69 Å². The van der Waals surface area contributed by atoms with Crippen LogP contribution < -0.4 is 4.74 Å². The van der Waals surface area contributed by atoms with Crippen LogP contribution in [0.2, 0.25) is 0 Å². The molecule has 1 amide bonds. The lowest BCUT2D eigenvalue weighted by Crippen LogP contribution is -2.39. The van der Waals surface area contributed by atoms with Gasteiger partial charge in [-0.05, 0) is 54.8 Å². The predicted molar refractivity (Wildman–Crippen MR) is 92.6 cm³/mol. The molecule has 0 atom stereocenters. The highest BCUT2D eigenvalue weighted by atomic mass is 19.1. The molecule has 0 saturated heterocycles. The summed E-state index contributed by atoms with van der Waals surface area (Å²) in [6, 6.07) is 10.5. The minimum Gasteiger partial charge on any atom is -0.508 e. The van der Waals surface area contributed by atoms with Gasteiger partial charge in [0.05, 0.1) is 7.11 Å². The van der Waals surface area contributed by atoms with Gasteiger partial charge in [-0.1, -0.05) is 12.1 Å². The van der Waals surface area contributed by atoms with E-state index in [4.69, 9.17) is 4.74 Å². The number of hydrogen-bond donors (Lipinski definition) is 1. The smallest absolute Gasteiger partial charge is 0.415 e. The lowest BCUT2D eigenvalue weighted by atomic mass is 10.1. The summed E-state index contributed by atoms with van der Waals surface area (Å²) < 4.78 is 23.2. The van der Waals surface area contributed by atoms with E-state index in [-0.39, 0.29) is 24.6 Å². The Bertz CT molecular complexity index is 776. The number of esters is 1. The van der Waals surface area contributed by atoms with Crippen molar-refractivity contribution in [2.75, 3.05) is 20.2 Å². The number of nitrogens with zero attached hydrogens (tertiary/aromatic N) is 1. The van der Waals surface area contributed by atoms with E-state index in [0.717, 1.165) is 5.56 Å². The fourth-order valence-electron chi connectivity index (χ4n) is 2.23. The molecule has 0 radical (unpaired) electrons. The van der Waals surface area contributed by atoms with E-state index < -0.39 is 17.9 Å². The molecule has 6 nitrogen and oxygen atoms in total. The number of hydrogen-bond acceptors (Lipinski definition) is 5. The number of aromatic hydroxyl groups is 1. The van der Waals surface area contributed by atoms with Gasteiger partial charge in [0.15, 0.2) is 0 Å². The van der Waals surface area contributed by atoms with Crippen LogP contribution in [0.3, 0.4) is 0 Å². The molecule has 0 aliphatic carbocycles. The van der Waals surface area contributed by atoms with Crippen molar-refractivity contribution < 1.29 is 28.6 Å². The first-order valence-corrected chi connectivity index (χ1v) is 7.96. The zero-order valence-corrected chi connectivity index (χ0v) is 14.6. The average molecular weight is 361 g/mol. The molecule has 0 saturated carbocycles. The molecule has 0 aliphatic heterocycles. The topological polar surface area (TPSA) is 76.1 Å². The second kappa shape index (κ2) is 8.84. The number of phenolic OH excluding ortho intramolecular Hbond substituents is 1. The number of methoxy groups -OCH3 is 1. The summed E-state index contributed by atoms with van der Waals surface area (Å²) in [4.78, 5) is 25.2. The van der Waals surface area contributed by atoms with Crippen LogP contribution >= 0.6 is 0 Å². The van der Waals surface area contributed by atoms with Crippen LogP contribution in [-0.2, 0) is 16.0 Å². The van der Waals surface area contributed by atoms with Crippen molar-refractivity contribution in [1.82, 2.24) is 4.90 Å².